The molecule has 0 aromatic heterocycles. The van der Waals surface area contributed by atoms with Gasteiger partial charge in [0.1, 0.15) is 11.8 Å². The molecular formula is C31H37N3O5S. The number of hydrogen-bond acceptors (Lipinski definition) is 5. The number of amides is 2. The molecule has 0 spiro atoms. The van der Waals surface area contributed by atoms with Gasteiger partial charge in [0.05, 0.1) is 17.7 Å². The van der Waals surface area contributed by atoms with Crippen molar-refractivity contribution in [3.8, 4) is 5.75 Å². The molecule has 1 aliphatic carbocycles. The number of carbonyl (C=O) groups excluding carboxylic acids is 2. The minimum atomic E-state index is -3.69. The number of nitrogens with zero attached hydrogens (tertiary/aromatic N) is 2. The summed E-state index contributed by atoms with van der Waals surface area (Å²) in [7, 11) is -2.10. The lowest BCUT2D eigenvalue weighted by Crippen LogP contribution is -2.50. The van der Waals surface area contributed by atoms with Crippen LogP contribution < -0.4 is 14.4 Å². The van der Waals surface area contributed by atoms with Crippen molar-refractivity contribution in [3.63, 3.8) is 0 Å². The van der Waals surface area contributed by atoms with Crippen molar-refractivity contribution in [2.45, 2.75) is 75.4 Å². The lowest BCUT2D eigenvalue weighted by molar-refractivity contribution is -0.141. The van der Waals surface area contributed by atoms with Crippen molar-refractivity contribution in [1.82, 2.24) is 10.2 Å². The first-order valence-electron chi connectivity index (χ1n) is 14.1. The summed E-state index contributed by atoms with van der Waals surface area (Å²) in [5.74, 6) is 0.325. The Morgan fingerprint density at radius 2 is 1.77 bits per heavy atom. The largest absolute Gasteiger partial charge is 0.497 e. The van der Waals surface area contributed by atoms with Crippen LogP contribution in [0.4, 0.5) is 5.69 Å². The van der Waals surface area contributed by atoms with Gasteiger partial charge in [-0.05, 0) is 61.4 Å². The highest BCUT2D eigenvalue weighted by Gasteiger charge is 2.35. The quantitative estimate of drug-likeness (QED) is 0.374. The summed E-state index contributed by atoms with van der Waals surface area (Å²) in [6.45, 7) is 2.19. The van der Waals surface area contributed by atoms with Crippen LogP contribution in [0.1, 0.15) is 57.4 Å². The summed E-state index contributed by atoms with van der Waals surface area (Å²) in [5.41, 5.74) is 1.50. The van der Waals surface area contributed by atoms with Gasteiger partial charge in [-0.2, -0.15) is 0 Å². The highest BCUT2D eigenvalue weighted by Crippen LogP contribution is 2.42. The lowest BCUT2D eigenvalue weighted by atomic mass is 9.95. The second-order valence-electron chi connectivity index (χ2n) is 10.7. The van der Waals surface area contributed by atoms with Gasteiger partial charge in [0.25, 0.3) is 10.0 Å². The number of methoxy groups -OCH3 is 1. The van der Waals surface area contributed by atoms with Crippen molar-refractivity contribution in [1.29, 1.82) is 0 Å². The predicted molar refractivity (Wildman–Crippen MR) is 156 cm³/mol. The van der Waals surface area contributed by atoms with Crippen LogP contribution in [0.25, 0.3) is 10.8 Å². The fourth-order valence-corrected chi connectivity index (χ4v) is 7.58. The summed E-state index contributed by atoms with van der Waals surface area (Å²) in [5, 5.41) is 4.75. The average Bonchev–Trinajstić information content (AvgIpc) is 3.19. The third-order valence-corrected chi connectivity index (χ3v) is 9.89. The summed E-state index contributed by atoms with van der Waals surface area (Å²) >= 11 is 0. The molecule has 2 aliphatic rings. The van der Waals surface area contributed by atoms with Crippen LogP contribution >= 0.6 is 0 Å². The summed E-state index contributed by atoms with van der Waals surface area (Å²) < 4.78 is 33.4. The maximum atomic E-state index is 13.6. The van der Waals surface area contributed by atoms with E-state index in [2.05, 4.69) is 5.32 Å². The third-order valence-electron chi connectivity index (χ3n) is 8.04. The second kappa shape index (κ2) is 11.9. The van der Waals surface area contributed by atoms with Crippen LogP contribution in [0.3, 0.4) is 0 Å². The van der Waals surface area contributed by atoms with Crippen molar-refractivity contribution >= 4 is 38.3 Å². The van der Waals surface area contributed by atoms with Crippen molar-refractivity contribution in [2.24, 2.45) is 0 Å². The van der Waals surface area contributed by atoms with E-state index in [9.17, 15) is 18.0 Å². The number of ether oxygens (including phenoxy) is 1. The fraction of sp³-hybridized carbons (Fsp3) is 0.419. The Hall–Kier alpha value is -3.59. The van der Waals surface area contributed by atoms with Gasteiger partial charge in [-0.1, -0.05) is 55.7 Å². The van der Waals surface area contributed by atoms with Crippen molar-refractivity contribution < 1.29 is 22.7 Å². The van der Waals surface area contributed by atoms with Gasteiger partial charge < -0.3 is 15.0 Å². The molecule has 3 aromatic rings. The van der Waals surface area contributed by atoms with Gasteiger partial charge in [0, 0.05) is 30.9 Å². The smallest absolute Gasteiger partial charge is 0.265 e. The molecule has 1 N–H and O–H groups in total. The van der Waals surface area contributed by atoms with E-state index >= 15 is 0 Å². The predicted octanol–water partition coefficient (Wildman–Crippen LogP) is 5.00. The second-order valence-corrected chi connectivity index (χ2v) is 12.5. The minimum absolute atomic E-state index is 0.114. The Labute approximate surface area is 236 Å². The SMILES string of the molecule is COc1cccc(CN(C(=O)CCCN2c3cccc4cccc(c34)S2(=O)=O)[C@@H](C)C(=O)NC2CCCCC2)c1. The van der Waals surface area contributed by atoms with Gasteiger partial charge in [-0.15, -0.1) is 0 Å². The maximum absolute atomic E-state index is 13.6. The Bertz CT molecular complexity index is 1490. The topological polar surface area (TPSA) is 96.0 Å². The zero-order chi connectivity index (χ0) is 28.3. The first-order chi connectivity index (χ1) is 19.3. The third kappa shape index (κ3) is 5.66. The molecule has 1 saturated carbocycles. The fourth-order valence-electron chi connectivity index (χ4n) is 5.84. The molecule has 1 aliphatic heterocycles. The first kappa shape index (κ1) is 28.0. The molecule has 0 saturated heterocycles. The van der Waals surface area contributed by atoms with E-state index in [4.69, 9.17) is 4.74 Å². The molecular weight excluding hydrogens is 526 g/mol. The summed E-state index contributed by atoms with van der Waals surface area (Å²) in [6, 6.07) is 17.8. The average molecular weight is 564 g/mol. The Kier molecular flexibility index (Phi) is 8.30. The van der Waals surface area contributed by atoms with Crippen molar-refractivity contribution in [2.75, 3.05) is 18.0 Å². The molecule has 1 heterocycles. The van der Waals surface area contributed by atoms with E-state index in [1.807, 2.05) is 48.5 Å². The molecule has 212 valence electrons. The summed E-state index contributed by atoms with van der Waals surface area (Å²) in [4.78, 5) is 28.8. The van der Waals surface area contributed by atoms with E-state index in [0.29, 0.717) is 22.8 Å². The zero-order valence-corrected chi connectivity index (χ0v) is 24.0. The molecule has 8 nitrogen and oxygen atoms in total. The minimum Gasteiger partial charge on any atom is -0.497 e. The first-order valence-corrected chi connectivity index (χ1v) is 15.5. The van der Waals surface area contributed by atoms with E-state index < -0.39 is 16.1 Å². The molecule has 3 aromatic carbocycles. The molecule has 0 unspecified atom stereocenters. The van der Waals surface area contributed by atoms with Gasteiger partial charge in [0.15, 0.2) is 0 Å². The highest BCUT2D eigenvalue weighted by atomic mass is 32.2. The normalized spacial score (nSPS) is 17.0. The van der Waals surface area contributed by atoms with Crippen LogP contribution in [0, 0.1) is 0 Å². The number of rotatable bonds is 10. The number of carbonyl (C=O) groups is 2. The monoisotopic (exact) mass is 563 g/mol. The van der Waals surface area contributed by atoms with E-state index in [-0.39, 0.29) is 37.4 Å². The van der Waals surface area contributed by atoms with Crippen molar-refractivity contribution in [3.05, 3.63) is 66.2 Å². The van der Waals surface area contributed by atoms with Crippen LogP contribution in [-0.4, -0.2) is 50.9 Å². The van der Waals surface area contributed by atoms with Crippen LogP contribution in [0.2, 0.25) is 0 Å². The van der Waals surface area contributed by atoms with E-state index in [0.717, 1.165) is 42.0 Å². The number of benzene rings is 3. The van der Waals surface area contributed by atoms with Crippen LogP contribution in [-0.2, 0) is 26.2 Å². The van der Waals surface area contributed by atoms with Crippen LogP contribution in [0.5, 0.6) is 5.75 Å². The number of anilines is 1. The van der Waals surface area contributed by atoms with E-state index in [1.165, 1.54) is 10.7 Å². The molecule has 0 bridgehead atoms. The van der Waals surface area contributed by atoms with Gasteiger partial charge >= 0.3 is 0 Å². The Morgan fingerprint density at radius 1 is 1.05 bits per heavy atom. The molecule has 0 radical (unpaired) electrons. The Morgan fingerprint density at radius 3 is 2.52 bits per heavy atom. The number of nitrogens with one attached hydrogen (secondary N) is 1. The highest BCUT2D eigenvalue weighted by molar-refractivity contribution is 7.93. The molecule has 2 amide bonds. The molecule has 40 heavy (non-hydrogen) atoms. The molecule has 5 rings (SSSR count). The van der Waals surface area contributed by atoms with Gasteiger partial charge in [0.2, 0.25) is 11.8 Å². The zero-order valence-electron chi connectivity index (χ0n) is 23.1. The van der Waals surface area contributed by atoms with Crippen LogP contribution in [0.15, 0.2) is 65.6 Å². The molecule has 9 heteroatoms. The Balaban J connectivity index is 1.30. The molecule has 1 atom stereocenters. The molecule has 1 fully saturated rings. The standard InChI is InChI=1S/C31H37N3O5S/c1-22(31(36)32-25-13-4-3-5-14-25)33(21-23-10-6-15-26(20-23)39-2)29(35)18-9-19-34-27-16-7-11-24-12-8-17-28(30(24)27)40(34,37)38/h6-8,10-12,15-17,20,22,25H,3-5,9,13-14,18-19,21H2,1-2H3,(H,32,36)/t22-/m0/s1. The van der Waals surface area contributed by atoms with E-state index in [1.54, 1.807) is 31.1 Å². The number of hydrogen-bond donors (Lipinski definition) is 1. The number of sulfonamides is 1. The van der Waals surface area contributed by atoms with Gasteiger partial charge in [-0.3, -0.25) is 13.9 Å². The summed E-state index contributed by atoms with van der Waals surface area (Å²) in [6.07, 6.45) is 5.75. The maximum Gasteiger partial charge on any atom is 0.265 e. The lowest BCUT2D eigenvalue weighted by Gasteiger charge is -2.31. The van der Waals surface area contributed by atoms with Gasteiger partial charge in [-0.25, -0.2) is 8.42 Å².